The number of anilines is 1. The van der Waals surface area contributed by atoms with Gasteiger partial charge in [-0.25, -0.2) is 0 Å². The molecule has 1 unspecified atom stereocenters. The van der Waals surface area contributed by atoms with Gasteiger partial charge in [0.25, 0.3) is 0 Å². The summed E-state index contributed by atoms with van der Waals surface area (Å²) in [5.41, 5.74) is 0.752. The monoisotopic (exact) mass is 235 g/mol. The molecular weight excluding hydrogens is 218 g/mol. The second kappa shape index (κ2) is 5.08. The highest BCUT2D eigenvalue weighted by atomic mass is 16.7. The van der Waals surface area contributed by atoms with E-state index < -0.39 is 0 Å². The summed E-state index contributed by atoms with van der Waals surface area (Å²) in [5, 5.41) is 2.88. The van der Waals surface area contributed by atoms with Crippen LogP contribution in [0.2, 0.25) is 0 Å². The fraction of sp³-hybridized carbons (Fsp3) is 0.462. The van der Waals surface area contributed by atoms with Gasteiger partial charge in [-0.2, -0.15) is 0 Å². The lowest BCUT2D eigenvalue weighted by Gasteiger charge is -2.11. The number of hydrogen-bond acceptors (Lipinski definition) is 3. The van der Waals surface area contributed by atoms with E-state index in [1.807, 2.05) is 19.1 Å². The molecule has 1 amide bonds. The first kappa shape index (κ1) is 11.8. The molecule has 0 saturated carbocycles. The molecule has 0 saturated heterocycles. The lowest BCUT2D eigenvalue weighted by molar-refractivity contribution is -0.119. The van der Waals surface area contributed by atoms with E-state index in [9.17, 15) is 4.79 Å². The van der Waals surface area contributed by atoms with Crippen molar-refractivity contribution in [3.05, 3.63) is 18.2 Å². The van der Waals surface area contributed by atoms with Crippen LogP contribution in [0.3, 0.4) is 0 Å². The van der Waals surface area contributed by atoms with E-state index in [2.05, 4.69) is 12.2 Å². The topological polar surface area (TPSA) is 47.6 Å². The van der Waals surface area contributed by atoms with Gasteiger partial charge in [-0.15, -0.1) is 0 Å². The van der Waals surface area contributed by atoms with Gasteiger partial charge in [0.2, 0.25) is 12.7 Å². The highest BCUT2D eigenvalue weighted by molar-refractivity contribution is 5.92. The minimum absolute atomic E-state index is 0.0328. The van der Waals surface area contributed by atoms with Crippen LogP contribution in [0.25, 0.3) is 0 Å². The first-order valence-electron chi connectivity index (χ1n) is 5.91. The van der Waals surface area contributed by atoms with E-state index in [-0.39, 0.29) is 18.6 Å². The summed E-state index contributed by atoms with van der Waals surface area (Å²) >= 11 is 0. The summed E-state index contributed by atoms with van der Waals surface area (Å²) in [6, 6.07) is 5.42. The number of amides is 1. The molecule has 0 fully saturated rings. The van der Waals surface area contributed by atoms with E-state index in [0.717, 1.165) is 24.3 Å². The molecule has 1 N–H and O–H groups in total. The Morgan fingerprint density at radius 3 is 2.94 bits per heavy atom. The van der Waals surface area contributed by atoms with Crippen LogP contribution >= 0.6 is 0 Å². The van der Waals surface area contributed by atoms with Crippen molar-refractivity contribution in [3.8, 4) is 11.5 Å². The minimum atomic E-state index is 0.0328. The Morgan fingerprint density at radius 2 is 2.18 bits per heavy atom. The van der Waals surface area contributed by atoms with Crippen LogP contribution in [-0.2, 0) is 4.79 Å². The highest BCUT2D eigenvalue weighted by Crippen LogP contribution is 2.34. The van der Waals surface area contributed by atoms with Gasteiger partial charge in [0.05, 0.1) is 0 Å². The summed E-state index contributed by atoms with van der Waals surface area (Å²) in [6.07, 6.45) is 1.91. The normalized spacial score (nSPS) is 14.5. The zero-order valence-corrected chi connectivity index (χ0v) is 10.2. The van der Waals surface area contributed by atoms with Crippen LogP contribution in [0.15, 0.2) is 18.2 Å². The van der Waals surface area contributed by atoms with Gasteiger partial charge in [-0.1, -0.05) is 20.3 Å². The van der Waals surface area contributed by atoms with E-state index in [1.165, 1.54) is 0 Å². The Bertz CT molecular complexity index is 417. The molecule has 4 heteroatoms. The molecule has 0 bridgehead atoms. The van der Waals surface area contributed by atoms with Crippen LogP contribution in [-0.4, -0.2) is 12.7 Å². The van der Waals surface area contributed by atoms with Crippen molar-refractivity contribution in [1.29, 1.82) is 0 Å². The number of carbonyl (C=O) groups is 1. The van der Waals surface area contributed by atoms with E-state index in [4.69, 9.17) is 9.47 Å². The first-order chi connectivity index (χ1) is 8.20. The molecule has 1 aliphatic heterocycles. The Hall–Kier alpha value is -1.71. The van der Waals surface area contributed by atoms with Crippen molar-refractivity contribution in [2.75, 3.05) is 12.1 Å². The largest absolute Gasteiger partial charge is 0.454 e. The molecule has 0 spiro atoms. The number of nitrogens with one attached hydrogen (secondary N) is 1. The lowest BCUT2D eigenvalue weighted by Crippen LogP contribution is -2.20. The van der Waals surface area contributed by atoms with Crippen LogP contribution < -0.4 is 14.8 Å². The fourth-order valence-corrected chi connectivity index (χ4v) is 1.80. The van der Waals surface area contributed by atoms with Crippen LogP contribution in [0.1, 0.15) is 26.7 Å². The summed E-state index contributed by atoms with van der Waals surface area (Å²) < 4.78 is 10.5. The molecule has 1 aromatic rings. The van der Waals surface area contributed by atoms with E-state index >= 15 is 0 Å². The molecule has 17 heavy (non-hydrogen) atoms. The van der Waals surface area contributed by atoms with Gasteiger partial charge in [0.1, 0.15) is 0 Å². The summed E-state index contributed by atoms with van der Waals surface area (Å²) in [4.78, 5) is 11.8. The van der Waals surface area contributed by atoms with Crippen molar-refractivity contribution in [2.24, 2.45) is 5.92 Å². The first-order valence-corrected chi connectivity index (χ1v) is 5.91. The van der Waals surface area contributed by atoms with Gasteiger partial charge in [0, 0.05) is 17.7 Å². The van der Waals surface area contributed by atoms with Gasteiger partial charge >= 0.3 is 0 Å². The highest BCUT2D eigenvalue weighted by Gasteiger charge is 2.16. The SMILES string of the molecule is CCCC(C)C(=O)Nc1ccc2c(c1)OCO2. The van der Waals surface area contributed by atoms with E-state index in [1.54, 1.807) is 6.07 Å². The number of hydrogen-bond donors (Lipinski definition) is 1. The molecular formula is C13H17NO3. The maximum Gasteiger partial charge on any atom is 0.231 e. The molecule has 1 aromatic carbocycles. The van der Waals surface area contributed by atoms with Crippen LogP contribution in [0.4, 0.5) is 5.69 Å². The molecule has 92 valence electrons. The Labute approximate surface area is 101 Å². The second-order valence-corrected chi connectivity index (χ2v) is 4.25. The van der Waals surface area contributed by atoms with Gasteiger partial charge in [-0.05, 0) is 18.6 Å². The van der Waals surface area contributed by atoms with E-state index in [0.29, 0.717) is 5.75 Å². The molecule has 1 atom stereocenters. The third-order valence-corrected chi connectivity index (χ3v) is 2.81. The van der Waals surface area contributed by atoms with Gasteiger partial charge in [-0.3, -0.25) is 4.79 Å². The Morgan fingerprint density at radius 1 is 1.41 bits per heavy atom. The average molecular weight is 235 g/mol. The third-order valence-electron chi connectivity index (χ3n) is 2.81. The molecule has 1 aliphatic rings. The van der Waals surface area contributed by atoms with Gasteiger partial charge in [0.15, 0.2) is 11.5 Å². The summed E-state index contributed by atoms with van der Waals surface area (Å²) in [7, 11) is 0. The van der Waals surface area contributed by atoms with Crippen molar-refractivity contribution < 1.29 is 14.3 Å². The molecule has 1 heterocycles. The van der Waals surface area contributed by atoms with Gasteiger partial charge < -0.3 is 14.8 Å². The number of carbonyl (C=O) groups excluding carboxylic acids is 1. The maximum atomic E-state index is 11.8. The molecule has 0 aliphatic carbocycles. The predicted molar refractivity (Wildman–Crippen MR) is 65.3 cm³/mol. The Kier molecular flexibility index (Phi) is 3.52. The summed E-state index contributed by atoms with van der Waals surface area (Å²) in [5.74, 6) is 1.49. The number of rotatable bonds is 4. The average Bonchev–Trinajstić information content (AvgIpc) is 2.76. The van der Waals surface area contributed by atoms with Crippen LogP contribution in [0, 0.1) is 5.92 Å². The van der Waals surface area contributed by atoms with Crippen molar-refractivity contribution in [3.63, 3.8) is 0 Å². The third kappa shape index (κ3) is 2.70. The molecule has 2 rings (SSSR count). The fourth-order valence-electron chi connectivity index (χ4n) is 1.80. The van der Waals surface area contributed by atoms with Crippen molar-refractivity contribution >= 4 is 11.6 Å². The second-order valence-electron chi connectivity index (χ2n) is 4.25. The molecule has 0 aromatic heterocycles. The lowest BCUT2D eigenvalue weighted by atomic mass is 10.1. The smallest absolute Gasteiger partial charge is 0.231 e. The summed E-state index contributed by atoms with van der Waals surface area (Å²) in [6.45, 7) is 4.26. The minimum Gasteiger partial charge on any atom is -0.454 e. The zero-order chi connectivity index (χ0) is 12.3. The number of benzene rings is 1. The Balaban J connectivity index is 2.01. The number of ether oxygens (including phenoxy) is 2. The standard InChI is InChI=1S/C13H17NO3/c1-3-4-9(2)13(15)14-10-5-6-11-12(7-10)17-8-16-11/h5-7,9H,3-4,8H2,1-2H3,(H,14,15). The zero-order valence-electron chi connectivity index (χ0n) is 10.2. The maximum absolute atomic E-state index is 11.8. The van der Waals surface area contributed by atoms with Crippen molar-refractivity contribution in [1.82, 2.24) is 0 Å². The number of fused-ring (bicyclic) bond motifs is 1. The quantitative estimate of drug-likeness (QED) is 0.872. The predicted octanol–water partition coefficient (Wildman–Crippen LogP) is 2.79. The van der Waals surface area contributed by atoms with Crippen LogP contribution in [0.5, 0.6) is 11.5 Å². The molecule has 4 nitrogen and oxygen atoms in total. The molecule has 0 radical (unpaired) electrons. The van der Waals surface area contributed by atoms with Crippen molar-refractivity contribution in [2.45, 2.75) is 26.7 Å².